The average Bonchev–Trinajstić information content (AvgIpc) is 3.26. The highest BCUT2D eigenvalue weighted by Gasteiger charge is 2.36. The third-order valence-electron chi connectivity index (χ3n) is 4.56. The smallest absolute Gasteiger partial charge is 0.266 e. The first-order valence-corrected chi connectivity index (χ1v) is 11.2. The van der Waals surface area contributed by atoms with Gasteiger partial charge in [0.05, 0.1) is 37.2 Å². The van der Waals surface area contributed by atoms with Crippen LogP contribution in [0.1, 0.15) is 12.8 Å². The number of amides is 1. The average molecular weight is 424 g/mol. The number of methoxy groups -OCH3 is 2. The summed E-state index contributed by atoms with van der Waals surface area (Å²) in [5.41, 5.74) is 0.763. The van der Waals surface area contributed by atoms with Crippen molar-refractivity contribution in [3.63, 3.8) is 0 Å². The zero-order valence-corrected chi connectivity index (χ0v) is 17.5. The van der Waals surface area contributed by atoms with E-state index in [0.29, 0.717) is 35.7 Å². The minimum Gasteiger partial charge on any atom is -0.493 e. The molecule has 150 valence electrons. The fourth-order valence-corrected chi connectivity index (χ4v) is 5.44. The van der Waals surface area contributed by atoms with Crippen LogP contribution < -0.4 is 14.3 Å². The molecule has 0 N–H and O–H groups in total. The molecule has 1 fully saturated rings. The highest BCUT2D eigenvalue weighted by molar-refractivity contribution is 7.88. The van der Waals surface area contributed by atoms with Gasteiger partial charge in [-0.1, -0.05) is 17.3 Å². The maximum Gasteiger partial charge on any atom is 0.266 e. The van der Waals surface area contributed by atoms with Crippen LogP contribution in [0.25, 0.3) is 10.2 Å². The number of thiazole rings is 1. The van der Waals surface area contributed by atoms with E-state index in [-0.39, 0.29) is 6.54 Å². The topological polar surface area (TPSA) is 90.2 Å². The molecular formula is C18H21N3O5S2. The summed E-state index contributed by atoms with van der Waals surface area (Å²) >= 11 is 1.28. The molecule has 10 heteroatoms. The maximum absolute atomic E-state index is 12.8. The Bertz CT molecular complexity index is 1120. The first kappa shape index (κ1) is 20.4. The summed E-state index contributed by atoms with van der Waals surface area (Å²) in [7, 11) is -0.387. The molecule has 0 saturated carbocycles. The van der Waals surface area contributed by atoms with E-state index in [2.05, 4.69) is 10.9 Å². The molecule has 2 heterocycles. The molecule has 1 amide bonds. The molecule has 0 aliphatic carbocycles. The van der Waals surface area contributed by atoms with Gasteiger partial charge in [-0.2, -0.15) is 9.30 Å². The van der Waals surface area contributed by atoms with Crippen molar-refractivity contribution in [2.24, 2.45) is 4.99 Å². The van der Waals surface area contributed by atoms with Gasteiger partial charge in [-0.15, -0.1) is 6.42 Å². The van der Waals surface area contributed by atoms with Gasteiger partial charge in [0.1, 0.15) is 6.04 Å². The Kier molecular flexibility index (Phi) is 5.79. The second-order valence-corrected chi connectivity index (χ2v) is 9.28. The highest BCUT2D eigenvalue weighted by Crippen LogP contribution is 2.33. The second-order valence-electron chi connectivity index (χ2n) is 6.33. The molecule has 2 aromatic rings. The number of carbonyl (C=O) groups is 1. The predicted molar refractivity (Wildman–Crippen MR) is 107 cm³/mol. The van der Waals surface area contributed by atoms with Crippen molar-refractivity contribution in [1.82, 2.24) is 8.87 Å². The van der Waals surface area contributed by atoms with Crippen LogP contribution in [0.4, 0.5) is 0 Å². The minimum atomic E-state index is -3.47. The van der Waals surface area contributed by atoms with Crippen molar-refractivity contribution >= 4 is 37.5 Å². The van der Waals surface area contributed by atoms with Crippen LogP contribution in [0.5, 0.6) is 11.5 Å². The van der Waals surface area contributed by atoms with E-state index in [9.17, 15) is 13.2 Å². The molecule has 1 aromatic carbocycles. The number of aromatic nitrogens is 1. The van der Waals surface area contributed by atoms with Gasteiger partial charge >= 0.3 is 0 Å². The summed E-state index contributed by atoms with van der Waals surface area (Å²) in [5, 5.41) is 0. The fraction of sp³-hybridized carbons (Fsp3) is 0.444. The Hall–Kier alpha value is -2.35. The van der Waals surface area contributed by atoms with Gasteiger partial charge in [-0.05, 0) is 12.8 Å². The molecule has 1 aromatic heterocycles. The van der Waals surface area contributed by atoms with Crippen molar-refractivity contribution < 1.29 is 22.7 Å². The Morgan fingerprint density at radius 2 is 2.04 bits per heavy atom. The van der Waals surface area contributed by atoms with Crippen LogP contribution in [0.15, 0.2) is 17.1 Å². The minimum absolute atomic E-state index is 0.210. The summed E-state index contributed by atoms with van der Waals surface area (Å²) in [5.74, 6) is 3.17. The quantitative estimate of drug-likeness (QED) is 0.674. The summed E-state index contributed by atoms with van der Waals surface area (Å²) in [4.78, 5) is 17.4. The predicted octanol–water partition coefficient (Wildman–Crippen LogP) is 1.20. The first-order valence-electron chi connectivity index (χ1n) is 8.54. The number of fused-ring (bicyclic) bond motifs is 1. The van der Waals surface area contributed by atoms with Gasteiger partial charge < -0.3 is 14.0 Å². The molecule has 0 radical (unpaired) electrons. The van der Waals surface area contributed by atoms with E-state index in [1.165, 1.54) is 22.8 Å². The molecule has 0 spiro atoms. The summed E-state index contributed by atoms with van der Waals surface area (Å²) in [6.07, 6.45) is 7.69. The van der Waals surface area contributed by atoms with Crippen LogP contribution in [0, 0.1) is 12.3 Å². The monoisotopic (exact) mass is 423 g/mol. The Morgan fingerprint density at radius 3 is 2.64 bits per heavy atom. The highest BCUT2D eigenvalue weighted by atomic mass is 32.2. The van der Waals surface area contributed by atoms with Crippen molar-refractivity contribution in [3.8, 4) is 23.8 Å². The second kappa shape index (κ2) is 7.95. The lowest BCUT2D eigenvalue weighted by molar-refractivity contribution is -0.121. The van der Waals surface area contributed by atoms with E-state index in [0.717, 1.165) is 16.5 Å². The number of ether oxygens (including phenoxy) is 2. The lowest BCUT2D eigenvalue weighted by Crippen LogP contribution is -2.39. The van der Waals surface area contributed by atoms with Crippen molar-refractivity contribution in [2.45, 2.75) is 25.4 Å². The lowest BCUT2D eigenvalue weighted by atomic mass is 10.2. The van der Waals surface area contributed by atoms with E-state index >= 15 is 0 Å². The molecule has 1 saturated heterocycles. The van der Waals surface area contributed by atoms with E-state index in [1.54, 1.807) is 23.8 Å². The molecule has 1 unspecified atom stereocenters. The number of terminal acetylenes is 1. The largest absolute Gasteiger partial charge is 0.493 e. The normalized spacial score (nSPS) is 18.4. The van der Waals surface area contributed by atoms with Gasteiger partial charge in [0.25, 0.3) is 5.91 Å². The standard InChI is InChI=1S/C18H21N3O5S2/c1-5-8-20-13-10-14(25-2)15(26-3)11-16(13)27-18(20)19-17(22)12-7-6-9-21(12)28(4,23)24/h1,10-12H,6-9H2,2-4H3. The zero-order valence-electron chi connectivity index (χ0n) is 15.8. The van der Waals surface area contributed by atoms with E-state index in [4.69, 9.17) is 15.9 Å². The van der Waals surface area contributed by atoms with Crippen LogP contribution in [-0.2, 0) is 21.4 Å². The maximum atomic E-state index is 12.8. The molecule has 1 aliphatic rings. The van der Waals surface area contributed by atoms with Crippen LogP contribution in [0.2, 0.25) is 0 Å². The summed E-state index contributed by atoms with van der Waals surface area (Å²) < 4.78 is 38.3. The Balaban J connectivity index is 2.12. The molecule has 1 aliphatic heterocycles. The number of carbonyl (C=O) groups excluding carboxylic acids is 1. The summed E-state index contributed by atoms with van der Waals surface area (Å²) in [6, 6.07) is 2.81. The third-order valence-corrected chi connectivity index (χ3v) is 6.89. The van der Waals surface area contributed by atoms with Gasteiger partial charge in [0, 0.05) is 18.7 Å². The molecule has 0 bridgehead atoms. The molecule has 3 rings (SSSR count). The number of hydrogen-bond donors (Lipinski definition) is 0. The third kappa shape index (κ3) is 3.78. The van der Waals surface area contributed by atoms with Crippen LogP contribution in [-0.4, -0.2) is 56.3 Å². The molecule has 1 atom stereocenters. The fourth-order valence-electron chi connectivity index (χ4n) is 3.28. The van der Waals surface area contributed by atoms with Gasteiger partial charge in [0.2, 0.25) is 10.0 Å². The SMILES string of the molecule is C#CCn1c(=NC(=O)C2CCCN2S(C)(=O)=O)sc2cc(OC)c(OC)cc21. The van der Waals surface area contributed by atoms with Crippen molar-refractivity contribution in [3.05, 3.63) is 16.9 Å². The van der Waals surface area contributed by atoms with Gasteiger partial charge in [0.15, 0.2) is 16.3 Å². The van der Waals surface area contributed by atoms with Crippen molar-refractivity contribution in [2.75, 3.05) is 27.0 Å². The van der Waals surface area contributed by atoms with Crippen LogP contribution >= 0.6 is 11.3 Å². The Labute approximate surface area is 167 Å². The first-order chi connectivity index (χ1) is 13.3. The number of sulfonamides is 1. The Morgan fingerprint density at radius 1 is 1.36 bits per heavy atom. The summed E-state index contributed by atoms with van der Waals surface area (Å²) in [6.45, 7) is 0.540. The lowest BCUT2D eigenvalue weighted by Gasteiger charge is -2.18. The van der Waals surface area contributed by atoms with Crippen LogP contribution in [0.3, 0.4) is 0 Å². The molecule has 8 nitrogen and oxygen atoms in total. The van der Waals surface area contributed by atoms with Crippen molar-refractivity contribution in [1.29, 1.82) is 0 Å². The van der Waals surface area contributed by atoms with Gasteiger partial charge in [-0.25, -0.2) is 8.42 Å². The molecule has 28 heavy (non-hydrogen) atoms. The zero-order chi connectivity index (χ0) is 20.5. The number of benzene rings is 1. The number of nitrogens with zero attached hydrogens (tertiary/aromatic N) is 3. The van der Waals surface area contributed by atoms with Gasteiger partial charge in [-0.3, -0.25) is 4.79 Å². The number of hydrogen-bond acceptors (Lipinski definition) is 6. The number of rotatable bonds is 5. The van der Waals surface area contributed by atoms with E-state index < -0.39 is 22.0 Å². The van der Waals surface area contributed by atoms with E-state index in [1.807, 2.05) is 0 Å². The molecular weight excluding hydrogens is 402 g/mol.